The number of benzene rings is 2. The van der Waals surface area contributed by atoms with Crippen molar-refractivity contribution in [2.75, 3.05) is 14.2 Å². The monoisotopic (exact) mass is 394 g/mol. The van der Waals surface area contributed by atoms with Gasteiger partial charge in [0.1, 0.15) is 23.6 Å². The van der Waals surface area contributed by atoms with Crippen LogP contribution in [0.15, 0.2) is 73.3 Å². The Labute approximate surface area is 167 Å². The molecule has 0 spiro atoms. The lowest BCUT2D eigenvalue weighted by Gasteiger charge is -2.12. The molecule has 0 aliphatic heterocycles. The Morgan fingerprint density at radius 3 is 2.28 bits per heavy atom. The fourth-order valence-electron chi connectivity index (χ4n) is 2.24. The molecule has 0 unspecified atom stereocenters. The lowest BCUT2D eigenvalue weighted by Crippen LogP contribution is -2.08. The molecule has 0 aliphatic rings. The highest BCUT2D eigenvalue weighted by molar-refractivity contribution is 5.84. The molecule has 0 fully saturated rings. The maximum absolute atomic E-state index is 11.9. The van der Waals surface area contributed by atoms with Gasteiger partial charge in [-0.15, -0.1) is 0 Å². The molecule has 8 nitrogen and oxygen atoms in total. The fourth-order valence-corrected chi connectivity index (χ4v) is 2.24. The van der Waals surface area contributed by atoms with Crippen molar-refractivity contribution < 1.29 is 28.5 Å². The van der Waals surface area contributed by atoms with E-state index in [1.54, 1.807) is 24.3 Å². The lowest BCUT2D eigenvalue weighted by atomic mass is 10.3. The van der Waals surface area contributed by atoms with Crippen LogP contribution in [0.2, 0.25) is 0 Å². The van der Waals surface area contributed by atoms with E-state index in [1.165, 1.54) is 26.8 Å². The zero-order chi connectivity index (χ0) is 20.5. The van der Waals surface area contributed by atoms with Crippen LogP contribution in [0.25, 0.3) is 0 Å². The van der Waals surface area contributed by atoms with Crippen molar-refractivity contribution in [2.45, 2.75) is 0 Å². The molecule has 1 aromatic heterocycles. The van der Waals surface area contributed by atoms with Gasteiger partial charge in [0, 0.05) is 6.07 Å². The summed E-state index contributed by atoms with van der Waals surface area (Å²) < 4.78 is 26.7. The van der Waals surface area contributed by atoms with Gasteiger partial charge >= 0.3 is 5.97 Å². The summed E-state index contributed by atoms with van der Waals surface area (Å²) in [6.45, 7) is 0. The highest BCUT2D eigenvalue weighted by atomic mass is 16.6. The van der Waals surface area contributed by atoms with E-state index < -0.39 is 5.97 Å². The molecule has 29 heavy (non-hydrogen) atoms. The van der Waals surface area contributed by atoms with Crippen LogP contribution in [0.4, 0.5) is 0 Å². The third-order valence-corrected chi connectivity index (χ3v) is 3.47. The zero-order valence-electron chi connectivity index (χ0n) is 15.8. The van der Waals surface area contributed by atoms with Crippen molar-refractivity contribution in [1.82, 2.24) is 9.97 Å². The average Bonchev–Trinajstić information content (AvgIpc) is 2.74. The van der Waals surface area contributed by atoms with Crippen molar-refractivity contribution in [3.8, 4) is 34.8 Å². The Morgan fingerprint density at radius 2 is 1.55 bits per heavy atom. The summed E-state index contributed by atoms with van der Waals surface area (Å²) in [5.74, 6) is 0.966. The summed E-state index contributed by atoms with van der Waals surface area (Å²) in [6, 6.07) is 16.3. The van der Waals surface area contributed by atoms with Crippen molar-refractivity contribution >= 4 is 5.97 Å². The molecule has 0 aliphatic carbocycles. The first-order valence-electron chi connectivity index (χ1n) is 8.50. The number of aromatic nitrogens is 2. The first-order chi connectivity index (χ1) is 14.2. The number of hydrogen-bond donors (Lipinski definition) is 0. The minimum absolute atomic E-state index is 0.00729. The molecule has 0 bridgehead atoms. The van der Waals surface area contributed by atoms with Crippen LogP contribution in [0.5, 0.6) is 34.8 Å². The minimum atomic E-state index is -0.703. The van der Waals surface area contributed by atoms with E-state index >= 15 is 0 Å². The molecule has 3 aromatic rings. The van der Waals surface area contributed by atoms with Crippen LogP contribution >= 0.6 is 0 Å². The van der Waals surface area contributed by atoms with Gasteiger partial charge in [-0.25, -0.2) is 4.79 Å². The summed E-state index contributed by atoms with van der Waals surface area (Å²) in [6.07, 6.45) is 3.52. The molecule has 0 atom stereocenters. The zero-order valence-corrected chi connectivity index (χ0v) is 15.8. The highest BCUT2D eigenvalue weighted by Crippen LogP contribution is 2.37. The molecule has 2 aromatic carbocycles. The van der Waals surface area contributed by atoms with Crippen molar-refractivity contribution in [3.63, 3.8) is 0 Å². The molecular weight excluding hydrogens is 376 g/mol. The Morgan fingerprint density at radius 1 is 0.862 bits per heavy atom. The Kier molecular flexibility index (Phi) is 6.62. The molecule has 0 saturated heterocycles. The smallest absolute Gasteiger partial charge is 0.339 e. The maximum atomic E-state index is 11.9. The van der Waals surface area contributed by atoms with E-state index in [0.717, 1.165) is 6.08 Å². The van der Waals surface area contributed by atoms with Gasteiger partial charge in [-0.3, -0.25) is 0 Å². The van der Waals surface area contributed by atoms with E-state index in [-0.39, 0.29) is 17.5 Å². The van der Waals surface area contributed by atoms with E-state index in [0.29, 0.717) is 17.2 Å². The van der Waals surface area contributed by atoms with Gasteiger partial charge in [0.05, 0.1) is 26.6 Å². The molecule has 8 heteroatoms. The summed E-state index contributed by atoms with van der Waals surface area (Å²) in [7, 11) is 2.80. The number of nitrogens with zero attached hydrogens (tertiary/aromatic N) is 2. The molecule has 3 rings (SSSR count). The molecule has 0 saturated carbocycles. The second-order valence-electron chi connectivity index (χ2n) is 5.47. The molecule has 0 radical (unpaired) electrons. The van der Waals surface area contributed by atoms with Gasteiger partial charge in [-0.05, 0) is 24.3 Å². The Hall–Kier alpha value is -4.07. The number of carbonyl (C=O) groups is 1. The number of ether oxygens (including phenoxy) is 5. The topological polar surface area (TPSA) is 89.0 Å². The van der Waals surface area contributed by atoms with Crippen LogP contribution in [-0.2, 0) is 9.53 Å². The van der Waals surface area contributed by atoms with Crippen LogP contribution in [-0.4, -0.2) is 30.2 Å². The van der Waals surface area contributed by atoms with E-state index in [4.69, 9.17) is 23.7 Å². The number of para-hydroxylation sites is 1. The molecule has 0 N–H and O–H groups in total. The first-order valence-corrected chi connectivity index (χ1v) is 8.50. The Bertz CT molecular complexity index is 991. The number of esters is 1. The second kappa shape index (κ2) is 9.75. The molecule has 148 valence electrons. The number of rotatable bonds is 8. The van der Waals surface area contributed by atoms with Crippen LogP contribution < -0.4 is 18.9 Å². The third kappa shape index (κ3) is 5.46. The Balaban J connectivity index is 1.83. The molecular formula is C21H18N2O6. The largest absolute Gasteiger partial charge is 0.504 e. The second-order valence-corrected chi connectivity index (χ2v) is 5.47. The van der Waals surface area contributed by atoms with Crippen molar-refractivity contribution in [2.24, 2.45) is 0 Å². The quantitative estimate of drug-likeness (QED) is 0.320. The summed E-state index contributed by atoms with van der Waals surface area (Å²) in [5, 5.41) is 0. The third-order valence-electron chi connectivity index (χ3n) is 3.47. The van der Waals surface area contributed by atoms with E-state index in [1.807, 2.05) is 30.3 Å². The standard InChI is InChI=1S/C21H18N2O6/c1-25-12-11-18(24)29-19-20(26-2)22-14-23-21(19)28-17-10-6-9-16(13-17)27-15-7-4-3-5-8-15/h3-14H,1-2H3. The summed E-state index contributed by atoms with van der Waals surface area (Å²) in [5.41, 5.74) is 0. The first kappa shape index (κ1) is 19.7. The van der Waals surface area contributed by atoms with Crippen molar-refractivity contribution in [3.05, 3.63) is 73.3 Å². The predicted octanol–water partition coefficient (Wildman–Crippen LogP) is 4.14. The van der Waals surface area contributed by atoms with Gasteiger partial charge < -0.3 is 23.7 Å². The van der Waals surface area contributed by atoms with Gasteiger partial charge in [-0.1, -0.05) is 24.3 Å². The fraction of sp³-hybridized carbons (Fsp3) is 0.0952. The van der Waals surface area contributed by atoms with Gasteiger partial charge in [0.15, 0.2) is 0 Å². The van der Waals surface area contributed by atoms with E-state index in [9.17, 15) is 4.79 Å². The van der Waals surface area contributed by atoms with Crippen LogP contribution in [0, 0.1) is 0 Å². The number of carbonyl (C=O) groups excluding carboxylic acids is 1. The SMILES string of the molecule is COC=CC(=O)Oc1c(OC)ncnc1Oc1cccc(Oc2ccccc2)c1. The highest BCUT2D eigenvalue weighted by Gasteiger charge is 2.19. The lowest BCUT2D eigenvalue weighted by molar-refractivity contribution is -0.129. The van der Waals surface area contributed by atoms with Crippen LogP contribution in [0.3, 0.4) is 0 Å². The predicted molar refractivity (Wildman–Crippen MR) is 103 cm³/mol. The summed E-state index contributed by atoms with van der Waals surface area (Å²) >= 11 is 0. The number of methoxy groups -OCH3 is 2. The van der Waals surface area contributed by atoms with Gasteiger partial charge in [-0.2, -0.15) is 9.97 Å². The maximum Gasteiger partial charge on any atom is 0.339 e. The van der Waals surface area contributed by atoms with Gasteiger partial charge in [0.25, 0.3) is 17.5 Å². The van der Waals surface area contributed by atoms with Gasteiger partial charge in [0.2, 0.25) is 0 Å². The van der Waals surface area contributed by atoms with Crippen LogP contribution in [0.1, 0.15) is 0 Å². The summed E-state index contributed by atoms with van der Waals surface area (Å²) in [4.78, 5) is 19.9. The average molecular weight is 394 g/mol. The minimum Gasteiger partial charge on any atom is -0.504 e. The van der Waals surface area contributed by atoms with E-state index in [2.05, 4.69) is 9.97 Å². The van der Waals surface area contributed by atoms with Crippen molar-refractivity contribution in [1.29, 1.82) is 0 Å². The number of hydrogen-bond acceptors (Lipinski definition) is 8. The molecule has 0 amide bonds. The normalized spacial score (nSPS) is 10.4. The molecule has 1 heterocycles.